The fraction of sp³-hybridized carbons (Fsp3) is 0.727. The summed E-state index contributed by atoms with van der Waals surface area (Å²) in [7, 11) is 2.03. The number of nitrogens with two attached hydrogens (primary N) is 1. The van der Waals surface area contributed by atoms with E-state index >= 15 is 0 Å². The van der Waals surface area contributed by atoms with E-state index < -0.39 is 0 Å². The maximum atomic E-state index is 5.91. The third-order valence-electron chi connectivity index (χ3n) is 3.20. The molecule has 0 aromatic carbocycles. The molecule has 16 heavy (non-hydrogen) atoms. The standard InChI is InChI=1S/C11H20N4O/c1-9-11(14(2)8-13-9)10(7-12)15-3-5-16-6-4-15/h8,10H,3-7,12H2,1-2H3. The van der Waals surface area contributed by atoms with Gasteiger partial charge in [0.25, 0.3) is 0 Å². The summed E-state index contributed by atoms with van der Waals surface area (Å²) in [6, 6.07) is 0.261. The molecule has 0 spiro atoms. The van der Waals surface area contributed by atoms with Gasteiger partial charge in [-0.15, -0.1) is 0 Å². The molecule has 1 aromatic heterocycles. The zero-order chi connectivity index (χ0) is 11.5. The van der Waals surface area contributed by atoms with Crippen molar-refractivity contribution in [3.05, 3.63) is 17.7 Å². The molecule has 1 saturated heterocycles. The number of hydrogen-bond acceptors (Lipinski definition) is 4. The molecule has 1 aromatic rings. The normalized spacial score (nSPS) is 19.9. The van der Waals surface area contributed by atoms with Gasteiger partial charge in [0.1, 0.15) is 0 Å². The second-order valence-electron chi connectivity index (χ2n) is 4.23. The minimum atomic E-state index is 0.261. The second kappa shape index (κ2) is 4.95. The Balaban J connectivity index is 2.21. The van der Waals surface area contributed by atoms with Crippen LogP contribution in [0.2, 0.25) is 0 Å². The average molecular weight is 224 g/mol. The molecule has 90 valence electrons. The number of aromatic nitrogens is 2. The van der Waals surface area contributed by atoms with Gasteiger partial charge in [-0.3, -0.25) is 4.90 Å². The largest absolute Gasteiger partial charge is 0.379 e. The Bertz CT molecular complexity index is 324. The lowest BCUT2D eigenvalue weighted by molar-refractivity contribution is 0.0164. The smallest absolute Gasteiger partial charge is 0.0949 e. The van der Waals surface area contributed by atoms with Crippen LogP contribution >= 0.6 is 0 Å². The van der Waals surface area contributed by atoms with Gasteiger partial charge >= 0.3 is 0 Å². The molecule has 1 aliphatic rings. The molecular formula is C11H20N4O. The Kier molecular flexibility index (Phi) is 3.58. The predicted molar refractivity (Wildman–Crippen MR) is 62.1 cm³/mol. The van der Waals surface area contributed by atoms with Gasteiger partial charge in [0.15, 0.2) is 0 Å². The summed E-state index contributed by atoms with van der Waals surface area (Å²) in [4.78, 5) is 6.71. The highest BCUT2D eigenvalue weighted by Crippen LogP contribution is 2.22. The molecule has 1 atom stereocenters. The van der Waals surface area contributed by atoms with Gasteiger partial charge in [0, 0.05) is 26.7 Å². The molecule has 0 aliphatic carbocycles. The van der Waals surface area contributed by atoms with E-state index in [0.29, 0.717) is 6.54 Å². The quantitative estimate of drug-likeness (QED) is 0.789. The molecule has 2 heterocycles. The monoisotopic (exact) mass is 224 g/mol. The zero-order valence-electron chi connectivity index (χ0n) is 10.0. The Morgan fingerprint density at radius 1 is 1.50 bits per heavy atom. The molecule has 1 fully saturated rings. The van der Waals surface area contributed by atoms with E-state index in [-0.39, 0.29) is 6.04 Å². The number of imidazole rings is 1. The van der Waals surface area contributed by atoms with Crippen LogP contribution in [0, 0.1) is 6.92 Å². The summed E-state index contributed by atoms with van der Waals surface area (Å²) >= 11 is 0. The van der Waals surface area contributed by atoms with Crippen LogP contribution in [0.15, 0.2) is 6.33 Å². The lowest BCUT2D eigenvalue weighted by Crippen LogP contribution is -2.42. The number of aryl methyl sites for hydroxylation is 2. The average Bonchev–Trinajstić information content (AvgIpc) is 2.63. The Hall–Kier alpha value is -0.910. The first-order valence-electron chi connectivity index (χ1n) is 5.73. The van der Waals surface area contributed by atoms with Crippen LogP contribution in [0.1, 0.15) is 17.4 Å². The van der Waals surface area contributed by atoms with Crippen LogP contribution in [0.25, 0.3) is 0 Å². The molecule has 1 aliphatic heterocycles. The maximum absolute atomic E-state index is 5.91. The third-order valence-corrected chi connectivity index (χ3v) is 3.20. The van der Waals surface area contributed by atoms with Gasteiger partial charge < -0.3 is 15.0 Å². The zero-order valence-corrected chi connectivity index (χ0v) is 10.0. The van der Waals surface area contributed by atoms with E-state index in [1.54, 1.807) is 0 Å². The van der Waals surface area contributed by atoms with Crippen molar-refractivity contribution in [2.45, 2.75) is 13.0 Å². The van der Waals surface area contributed by atoms with Crippen LogP contribution < -0.4 is 5.73 Å². The first kappa shape index (κ1) is 11.6. The van der Waals surface area contributed by atoms with Gasteiger partial charge in [-0.25, -0.2) is 4.98 Å². The highest BCUT2D eigenvalue weighted by molar-refractivity contribution is 5.16. The summed E-state index contributed by atoms with van der Waals surface area (Å²) in [6.45, 7) is 6.17. The summed E-state index contributed by atoms with van der Waals surface area (Å²) in [5.74, 6) is 0. The molecule has 1 unspecified atom stereocenters. The molecule has 2 rings (SSSR count). The lowest BCUT2D eigenvalue weighted by atomic mass is 10.1. The van der Waals surface area contributed by atoms with Crippen LogP contribution in [0.5, 0.6) is 0 Å². The van der Waals surface area contributed by atoms with Crippen molar-refractivity contribution in [1.29, 1.82) is 0 Å². The fourth-order valence-corrected chi connectivity index (χ4v) is 2.36. The van der Waals surface area contributed by atoms with E-state index in [2.05, 4.69) is 14.5 Å². The first-order valence-corrected chi connectivity index (χ1v) is 5.73. The van der Waals surface area contributed by atoms with E-state index in [0.717, 1.165) is 32.0 Å². The Labute approximate surface area is 96.2 Å². The number of ether oxygens (including phenoxy) is 1. The summed E-state index contributed by atoms with van der Waals surface area (Å²) in [6.07, 6.45) is 1.85. The van der Waals surface area contributed by atoms with E-state index in [1.165, 1.54) is 5.69 Å². The molecule has 0 radical (unpaired) electrons. The topological polar surface area (TPSA) is 56.3 Å². The van der Waals surface area contributed by atoms with Crippen molar-refractivity contribution in [1.82, 2.24) is 14.5 Å². The Morgan fingerprint density at radius 3 is 2.69 bits per heavy atom. The number of rotatable bonds is 3. The summed E-state index contributed by atoms with van der Waals surface area (Å²) in [5, 5.41) is 0. The number of morpholine rings is 1. The van der Waals surface area contributed by atoms with Crippen molar-refractivity contribution >= 4 is 0 Å². The van der Waals surface area contributed by atoms with Crippen molar-refractivity contribution in [2.24, 2.45) is 12.8 Å². The summed E-state index contributed by atoms with van der Waals surface area (Å²) < 4.78 is 7.44. The maximum Gasteiger partial charge on any atom is 0.0949 e. The van der Waals surface area contributed by atoms with Crippen molar-refractivity contribution in [3.8, 4) is 0 Å². The molecule has 5 nitrogen and oxygen atoms in total. The molecule has 5 heteroatoms. The van der Waals surface area contributed by atoms with Crippen molar-refractivity contribution in [2.75, 3.05) is 32.8 Å². The second-order valence-corrected chi connectivity index (χ2v) is 4.23. The van der Waals surface area contributed by atoms with Crippen LogP contribution in [-0.4, -0.2) is 47.3 Å². The van der Waals surface area contributed by atoms with Crippen LogP contribution in [-0.2, 0) is 11.8 Å². The minimum Gasteiger partial charge on any atom is -0.379 e. The highest BCUT2D eigenvalue weighted by Gasteiger charge is 2.25. The molecule has 0 bridgehead atoms. The lowest BCUT2D eigenvalue weighted by Gasteiger charge is -2.34. The number of hydrogen-bond donors (Lipinski definition) is 1. The van der Waals surface area contributed by atoms with E-state index in [4.69, 9.17) is 10.5 Å². The molecule has 2 N–H and O–H groups in total. The van der Waals surface area contributed by atoms with Crippen LogP contribution in [0.4, 0.5) is 0 Å². The predicted octanol–water partition coefficient (Wildman–Crippen LogP) is 0.0605. The SMILES string of the molecule is Cc1ncn(C)c1C(CN)N1CCOCC1. The number of nitrogens with zero attached hydrogens (tertiary/aromatic N) is 3. The van der Waals surface area contributed by atoms with Crippen LogP contribution in [0.3, 0.4) is 0 Å². The minimum absolute atomic E-state index is 0.261. The molecule has 0 amide bonds. The van der Waals surface area contributed by atoms with Crippen molar-refractivity contribution in [3.63, 3.8) is 0 Å². The van der Waals surface area contributed by atoms with Gasteiger partial charge in [-0.2, -0.15) is 0 Å². The highest BCUT2D eigenvalue weighted by atomic mass is 16.5. The molecular weight excluding hydrogens is 204 g/mol. The first-order chi connectivity index (χ1) is 7.74. The van der Waals surface area contributed by atoms with Gasteiger partial charge in [0.05, 0.1) is 37.0 Å². The fourth-order valence-electron chi connectivity index (χ4n) is 2.36. The summed E-state index contributed by atoms with van der Waals surface area (Å²) in [5.41, 5.74) is 8.21. The molecule has 0 saturated carbocycles. The van der Waals surface area contributed by atoms with Gasteiger partial charge in [0.2, 0.25) is 0 Å². The van der Waals surface area contributed by atoms with E-state index in [9.17, 15) is 0 Å². The third kappa shape index (κ3) is 2.11. The van der Waals surface area contributed by atoms with Gasteiger partial charge in [-0.1, -0.05) is 0 Å². The van der Waals surface area contributed by atoms with Crippen molar-refractivity contribution < 1.29 is 4.74 Å². The van der Waals surface area contributed by atoms with Gasteiger partial charge in [-0.05, 0) is 6.92 Å². The van der Waals surface area contributed by atoms with E-state index in [1.807, 2.05) is 20.3 Å². The Morgan fingerprint density at radius 2 is 2.19 bits per heavy atom.